The van der Waals surface area contributed by atoms with Crippen molar-refractivity contribution in [3.05, 3.63) is 35.4 Å². The molecule has 0 bridgehead atoms. The van der Waals surface area contributed by atoms with Crippen LogP contribution in [-0.4, -0.2) is 41.0 Å². The molecule has 108 valence electrons. The molecule has 20 heavy (non-hydrogen) atoms. The van der Waals surface area contributed by atoms with Crippen LogP contribution in [0.15, 0.2) is 24.3 Å². The summed E-state index contributed by atoms with van der Waals surface area (Å²) in [5.41, 5.74) is 2.17. The topological polar surface area (TPSA) is 69.6 Å². The molecule has 0 spiro atoms. The van der Waals surface area contributed by atoms with Crippen molar-refractivity contribution < 1.29 is 14.7 Å². The highest BCUT2D eigenvalue weighted by Gasteiger charge is 2.32. The van der Waals surface area contributed by atoms with Crippen LogP contribution in [0, 0.1) is 0 Å². The van der Waals surface area contributed by atoms with Gasteiger partial charge in [0, 0.05) is 13.1 Å². The van der Waals surface area contributed by atoms with Crippen LogP contribution in [0.25, 0.3) is 0 Å². The van der Waals surface area contributed by atoms with Crippen molar-refractivity contribution in [3.63, 3.8) is 0 Å². The Bertz CT molecular complexity index is 502. The Hall–Kier alpha value is -1.88. The number of carbonyl (C=O) groups excluding carboxylic acids is 1. The Morgan fingerprint density at radius 2 is 2.05 bits per heavy atom. The number of hydrogen-bond acceptors (Lipinski definition) is 3. The molecule has 1 heterocycles. The van der Waals surface area contributed by atoms with Gasteiger partial charge in [0.25, 0.3) is 0 Å². The average molecular weight is 276 g/mol. The normalized spacial score (nSPS) is 18.4. The minimum Gasteiger partial charge on any atom is -0.480 e. The molecule has 5 nitrogen and oxygen atoms in total. The highest BCUT2D eigenvalue weighted by Crippen LogP contribution is 2.23. The average Bonchev–Trinajstić information content (AvgIpc) is 2.44. The van der Waals surface area contributed by atoms with Crippen LogP contribution in [0.1, 0.15) is 24.5 Å². The van der Waals surface area contributed by atoms with Gasteiger partial charge in [-0.2, -0.15) is 0 Å². The van der Waals surface area contributed by atoms with Gasteiger partial charge in [0.1, 0.15) is 6.04 Å². The van der Waals surface area contributed by atoms with Gasteiger partial charge in [-0.1, -0.05) is 31.2 Å². The van der Waals surface area contributed by atoms with E-state index < -0.39 is 12.0 Å². The fraction of sp³-hybridized carbons (Fsp3) is 0.467. The lowest BCUT2D eigenvalue weighted by Gasteiger charge is -2.33. The van der Waals surface area contributed by atoms with E-state index in [1.54, 1.807) is 4.90 Å². The van der Waals surface area contributed by atoms with Crippen molar-refractivity contribution >= 4 is 11.9 Å². The number of amides is 1. The summed E-state index contributed by atoms with van der Waals surface area (Å²) in [7, 11) is 0. The summed E-state index contributed by atoms with van der Waals surface area (Å²) in [6.45, 7) is 3.25. The minimum absolute atomic E-state index is 0.113. The van der Waals surface area contributed by atoms with Gasteiger partial charge < -0.3 is 10.4 Å². The molecule has 1 unspecified atom stereocenters. The van der Waals surface area contributed by atoms with Crippen LogP contribution < -0.4 is 5.32 Å². The van der Waals surface area contributed by atoms with Crippen LogP contribution in [0.2, 0.25) is 0 Å². The van der Waals surface area contributed by atoms with Crippen molar-refractivity contribution in [2.45, 2.75) is 32.4 Å². The zero-order valence-corrected chi connectivity index (χ0v) is 11.6. The lowest BCUT2D eigenvalue weighted by Crippen LogP contribution is -2.49. The largest absolute Gasteiger partial charge is 0.480 e. The number of nitrogens with one attached hydrogen (secondary N) is 1. The van der Waals surface area contributed by atoms with Crippen LogP contribution >= 0.6 is 0 Å². The fourth-order valence-corrected chi connectivity index (χ4v) is 2.49. The number of fused-ring (bicyclic) bond motifs is 1. The van der Waals surface area contributed by atoms with Crippen molar-refractivity contribution in [3.8, 4) is 0 Å². The molecule has 2 rings (SSSR count). The number of hydrogen-bond donors (Lipinski definition) is 2. The third-order valence-corrected chi connectivity index (χ3v) is 3.55. The highest BCUT2D eigenvalue weighted by molar-refractivity contribution is 5.80. The van der Waals surface area contributed by atoms with Crippen LogP contribution in [-0.2, 0) is 22.6 Å². The van der Waals surface area contributed by atoms with E-state index in [0.29, 0.717) is 19.5 Å². The van der Waals surface area contributed by atoms with E-state index in [-0.39, 0.29) is 12.5 Å². The van der Waals surface area contributed by atoms with Crippen molar-refractivity contribution in [1.29, 1.82) is 0 Å². The van der Waals surface area contributed by atoms with Crippen molar-refractivity contribution in [2.75, 3.05) is 13.1 Å². The zero-order chi connectivity index (χ0) is 14.5. The van der Waals surface area contributed by atoms with Gasteiger partial charge >= 0.3 is 5.97 Å². The van der Waals surface area contributed by atoms with E-state index in [0.717, 1.165) is 17.5 Å². The summed E-state index contributed by atoms with van der Waals surface area (Å²) in [6.07, 6.45) is 1.32. The standard InChI is InChI=1S/C15H20N2O3/c1-2-7-16-14(18)10-17-9-12-6-4-3-5-11(12)8-13(17)15(19)20/h3-6,13H,2,7-10H2,1H3,(H,16,18)(H,19,20). The number of carboxylic acid groups (broad SMARTS) is 1. The summed E-state index contributed by atoms with van der Waals surface area (Å²) in [5.74, 6) is -0.986. The number of aliphatic carboxylic acids is 1. The summed E-state index contributed by atoms with van der Waals surface area (Å²) < 4.78 is 0. The fourth-order valence-electron chi connectivity index (χ4n) is 2.49. The van der Waals surface area contributed by atoms with E-state index in [2.05, 4.69) is 5.32 Å². The molecule has 0 aromatic heterocycles. The Morgan fingerprint density at radius 3 is 2.70 bits per heavy atom. The quantitative estimate of drug-likeness (QED) is 0.842. The first-order valence-electron chi connectivity index (χ1n) is 6.92. The van der Waals surface area contributed by atoms with E-state index in [1.165, 1.54) is 0 Å². The second-order valence-electron chi connectivity index (χ2n) is 5.08. The molecule has 0 saturated carbocycles. The van der Waals surface area contributed by atoms with Gasteiger partial charge in [-0.15, -0.1) is 0 Å². The Kier molecular flexibility index (Phi) is 4.74. The third kappa shape index (κ3) is 3.36. The molecule has 0 fully saturated rings. The SMILES string of the molecule is CCCNC(=O)CN1Cc2ccccc2CC1C(=O)O. The van der Waals surface area contributed by atoms with E-state index in [1.807, 2.05) is 31.2 Å². The van der Waals surface area contributed by atoms with Gasteiger partial charge in [0.15, 0.2) is 0 Å². The monoisotopic (exact) mass is 276 g/mol. The molecule has 5 heteroatoms. The third-order valence-electron chi connectivity index (χ3n) is 3.55. The first kappa shape index (κ1) is 14.5. The van der Waals surface area contributed by atoms with Crippen LogP contribution in [0.3, 0.4) is 0 Å². The zero-order valence-electron chi connectivity index (χ0n) is 11.6. The molecule has 0 saturated heterocycles. The molecule has 1 aliphatic rings. The maximum Gasteiger partial charge on any atom is 0.321 e. The highest BCUT2D eigenvalue weighted by atomic mass is 16.4. The summed E-state index contributed by atoms with van der Waals surface area (Å²) >= 11 is 0. The maximum atomic E-state index is 11.8. The first-order chi connectivity index (χ1) is 9.61. The lowest BCUT2D eigenvalue weighted by atomic mass is 9.94. The van der Waals surface area contributed by atoms with Gasteiger partial charge in [-0.05, 0) is 24.0 Å². The molecule has 1 atom stereocenters. The van der Waals surface area contributed by atoms with E-state index >= 15 is 0 Å². The lowest BCUT2D eigenvalue weighted by molar-refractivity contribution is -0.144. The number of carboxylic acids is 1. The summed E-state index contributed by atoms with van der Waals surface area (Å²) in [4.78, 5) is 24.9. The van der Waals surface area contributed by atoms with Crippen molar-refractivity contribution in [2.24, 2.45) is 0 Å². The molecule has 2 N–H and O–H groups in total. The molecule has 1 amide bonds. The Labute approximate surface area is 118 Å². The predicted octanol–water partition coefficient (Wildman–Crippen LogP) is 1.02. The smallest absolute Gasteiger partial charge is 0.321 e. The minimum atomic E-state index is -0.872. The van der Waals surface area contributed by atoms with E-state index in [4.69, 9.17) is 0 Å². The predicted molar refractivity (Wildman–Crippen MR) is 75.3 cm³/mol. The first-order valence-corrected chi connectivity index (χ1v) is 6.92. The van der Waals surface area contributed by atoms with Crippen molar-refractivity contribution in [1.82, 2.24) is 10.2 Å². The molecular weight excluding hydrogens is 256 g/mol. The molecule has 1 aliphatic heterocycles. The van der Waals surface area contributed by atoms with Gasteiger partial charge in [-0.3, -0.25) is 14.5 Å². The van der Waals surface area contributed by atoms with Crippen LogP contribution in [0.4, 0.5) is 0 Å². The second-order valence-corrected chi connectivity index (χ2v) is 5.08. The Morgan fingerprint density at radius 1 is 1.35 bits per heavy atom. The second kappa shape index (κ2) is 6.52. The Balaban J connectivity index is 2.10. The number of carbonyl (C=O) groups is 2. The molecule has 1 aromatic rings. The summed E-state index contributed by atoms with van der Waals surface area (Å²) in [6, 6.07) is 7.18. The molecule has 0 radical (unpaired) electrons. The van der Waals surface area contributed by atoms with Gasteiger partial charge in [0.05, 0.1) is 6.54 Å². The van der Waals surface area contributed by atoms with Gasteiger partial charge in [0.2, 0.25) is 5.91 Å². The number of benzene rings is 1. The maximum absolute atomic E-state index is 11.8. The van der Waals surface area contributed by atoms with E-state index in [9.17, 15) is 14.7 Å². The van der Waals surface area contributed by atoms with Crippen LogP contribution in [0.5, 0.6) is 0 Å². The number of nitrogens with zero attached hydrogens (tertiary/aromatic N) is 1. The summed E-state index contributed by atoms with van der Waals surface area (Å²) in [5, 5.41) is 12.1. The molecule has 1 aromatic carbocycles. The molecule has 0 aliphatic carbocycles. The number of rotatable bonds is 5. The molecular formula is C15H20N2O3. The van der Waals surface area contributed by atoms with Gasteiger partial charge in [-0.25, -0.2) is 0 Å².